The molecule has 3 nitrogen and oxygen atoms in total. The largest absolute Gasteiger partial charge is 0.494 e. The quantitative estimate of drug-likeness (QED) is 0.870. The van der Waals surface area contributed by atoms with Crippen LogP contribution in [0.4, 0.5) is 0 Å². The summed E-state index contributed by atoms with van der Waals surface area (Å²) in [5.74, 6) is 1.62. The van der Waals surface area contributed by atoms with Gasteiger partial charge < -0.3 is 15.2 Å². The van der Waals surface area contributed by atoms with Gasteiger partial charge in [-0.25, -0.2) is 0 Å². The second-order valence-electron chi connectivity index (χ2n) is 4.29. The van der Waals surface area contributed by atoms with Gasteiger partial charge in [0.25, 0.3) is 0 Å². The molecule has 0 amide bonds. The molecule has 2 N–H and O–H groups in total. The molecule has 0 unspecified atom stereocenters. The molecule has 0 bridgehead atoms. The van der Waals surface area contributed by atoms with Crippen LogP contribution in [0.1, 0.15) is 18.1 Å². The third kappa shape index (κ3) is 3.74. The zero-order valence-electron chi connectivity index (χ0n) is 11.4. The number of benzene rings is 2. The Morgan fingerprint density at radius 2 is 1.80 bits per heavy atom. The molecular formula is C16H18BrNO2. The van der Waals surface area contributed by atoms with Crippen LogP contribution in [0.15, 0.2) is 46.9 Å². The van der Waals surface area contributed by atoms with E-state index < -0.39 is 0 Å². The Kier molecular flexibility index (Phi) is 5.44. The van der Waals surface area contributed by atoms with Crippen molar-refractivity contribution < 1.29 is 9.47 Å². The van der Waals surface area contributed by atoms with E-state index in [-0.39, 0.29) is 0 Å². The Labute approximate surface area is 127 Å². The molecule has 0 radical (unpaired) electrons. The van der Waals surface area contributed by atoms with Gasteiger partial charge in [-0.3, -0.25) is 0 Å². The lowest BCUT2D eigenvalue weighted by molar-refractivity contribution is 0.300. The van der Waals surface area contributed by atoms with Crippen molar-refractivity contribution in [3.8, 4) is 11.5 Å². The summed E-state index contributed by atoms with van der Waals surface area (Å²) in [5, 5.41) is 0. The van der Waals surface area contributed by atoms with Crippen molar-refractivity contribution >= 4 is 15.9 Å². The van der Waals surface area contributed by atoms with Crippen LogP contribution in [0.5, 0.6) is 11.5 Å². The average molecular weight is 336 g/mol. The Hall–Kier alpha value is -1.52. The fourth-order valence-corrected chi connectivity index (χ4v) is 2.38. The van der Waals surface area contributed by atoms with Gasteiger partial charge in [-0.2, -0.15) is 0 Å². The monoisotopic (exact) mass is 335 g/mol. The van der Waals surface area contributed by atoms with Gasteiger partial charge in [0.2, 0.25) is 0 Å². The van der Waals surface area contributed by atoms with Gasteiger partial charge in [-0.1, -0.05) is 24.3 Å². The SMILES string of the molecule is CCOc1ccc(OCc2ccccc2CN)c(Br)c1. The van der Waals surface area contributed by atoms with E-state index in [1.165, 1.54) is 0 Å². The molecule has 20 heavy (non-hydrogen) atoms. The smallest absolute Gasteiger partial charge is 0.134 e. The molecular weight excluding hydrogens is 318 g/mol. The molecule has 2 aromatic rings. The van der Waals surface area contributed by atoms with Crippen molar-refractivity contribution in [2.45, 2.75) is 20.1 Å². The lowest BCUT2D eigenvalue weighted by Gasteiger charge is -2.12. The van der Waals surface area contributed by atoms with E-state index in [4.69, 9.17) is 15.2 Å². The van der Waals surface area contributed by atoms with E-state index >= 15 is 0 Å². The minimum Gasteiger partial charge on any atom is -0.494 e. The van der Waals surface area contributed by atoms with Gasteiger partial charge in [0.05, 0.1) is 11.1 Å². The first-order valence-electron chi connectivity index (χ1n) is 6.56. The molecule has 0 heterocycles. The molecule has 106 valence electrons. The first kappa shape index (κ1) is 14.9. The summed E-state index contributed by atoms with van der Waals surface area (Å²) in [6, 6.07) is 13.7. The number of nitrogens with two attached hydrogens (primary N) is 1. The highest BCUT2D eigenvalue weighted by atomic mass is 79.9. The normalized spacial score (nSPS) is 10.3. The maximum atomic E-state index is 5.84. The lowest BCUT2D eigenvalue weighted by Crippen LogP contribution is -2.04. The van der Waals surface area contributed by atoms with Crippen LogP contribution in [0.2, 0.25) is 0 Å². The van der Waals surface area contributed by atoms with E-state index in [2.05, 4.69) is 15.9 Å². The molecule has 0 atom stereocenters. The first-order chi connectivity index (χ1) is 9.74. The fourth-order valence-electron chi connectivity index (χ4n) is 1.91. The van der Waals surface area contributed by atoms with Crippen LogP contribution < -0.4 is 15.2 Å². The third-order valence-corrected chi connectivity index (χ3v) is 3.56. The summed E-state index contributed by atoms with van der Waals surface area (Å²) >= 11 is 3.50. The van der Waals surface area contributed by atoms with Crippen molar-refractivity contribution in [1.82, 2.24) is 0 Å². The van der Waals surface area contributed by atoms with Crippen LogP contribution in [-0.2, 0) is 13.2 Å². The first-order valence-corrected chi connectivity index (χ1v) is 7.36. The van der Waals surface area contributed by atoms with Gasteiger partial charge in [-0.15, -0.1) is 0 Å². The van der Waals surface area contributed by atoms with Crippen LogP contribution in [0.3, 0.4) is 0 Å². The number of rotatable bonds is 6. The molecule has 4 heteroatoms. The number of hydrogen-bond acceptors (Lipinski definition) is 3. The maximum Gasteiger partial charge on any atom is 0.134 e. The van der Waals surface area contributed by atoms with Crippen molar-refractivity contribution in [1.29, 1.82) is 0 Å². The van der Waals surface area contributed by atoms with Crippen molar-refractivity contribution in [2.24, 2.45) is 5.73 Å². The van der Waals surface area contributed by atoms with Gasteiger partial charge in [0, 0.05) is 6.54 Å². The van der Waals surface area contributed by atoms with Crippen LogP contribution in [-0.4, -0.2) is 6.61 Å². The molecule has 0 aliphatic heterocycles. The molecule has 0 fully saturated rings. The molecule has 0 saturated heterocycles. The van der Waals surface area contributed by atoms with E-state index in [1.54, 1.807) is 0 Å². The summed E-state index contributed by atoms with van der Waals surface area (Å²) in [6.45, 7) is 3.63. The maximum absolute atomic E-state index is 5.84. The van der Waals surface area contributed by atoms with Crippen LogP contribution in [0.25, 0.3) is 0 Å². The molecule has 0 saturated carbocycles. The van der Waals surface area contributed by atoms with E-state index in [0.29, 0.717) is 19.8 Å². The standard InChI is InChI=1S/C16H18BrNO2/c1-2-19-14-7-8-16(15(17)9-14)20-11-13-6-4-3-5-12(13)10-18/h3-9H,2,10-11,18H2,1H3. The van der Waals surface area contributed by atoms with Crippen molar-refractivity contribution in [2.75, 3.05) is 6.61 Å². The lowest BCUT2D eigenvalue weighted by atomic mass is 10.1. The highest BCUT2D eigenvalue weighted by molar-refractivity contribution is 9.10. The Morgan fingerprint density at radius 1 is 1.05 bits per heavy atom. The number of ether oxygens (including phenoxy) is 2. The summed E-state index contributed by atoms with van der Waals surface area (Å²) in [7, 11) is 0. The molecule has 0 aromatic heterocycles. The molecule has 0 aliphatic carbocycles. The fraction of sp³-hybridized carbons (Fsp3) is 0.250. The van der Waals surface area contributed by atoms with Crippen molar-refractivity contribution in [3.05, 3.63) is 58.1 Å². The van der Waals surface area contributed by atoms with Gasteiger partial charge in [-0.05, 0) is 52.2 Å². The summed E-state index contributed by atoms with van der Waals surface area (Å²) in [4.78, 5) is 0. The predicted octanol–water partition coefficient (Wildman–Crippen LogP) is 3.89. The Morgan fingerprint density at radius 3 is 2.45 bits per heavy atom. The Balaban J connectivity index is 2.07. The molecule has 0 aliphatic rings. The second kappa shape index (κ2) is 7.31. The summed E-state index contributed by atoms with van der Waals surface area (Å²) < 4.78 is 12.2. The van der Waals surface area contributed by atoms with Crippen LogP contribution in [0, 0.1) is 0 Å². The minimum atomic E-state index is 0.500. The van der Waals surface area contributed by atoms with E-state index in [0.717, 1.165) is 27.1 Å². The average Bonchev–Trinajstić information content (AvgIpc) is 2.47. The third-order valence-electron chi connectivity index (χ3n) is 2.94. The Bertz CT molecular complexity index is 572. The zero-order valence-corrected chi connectivity index (χ0v) is 13.0. The van der Waals surface area contributed by atoms with Gasteiger partial charge in [0.15, 0.2) is 0 Å². The van der Waals surface area contributed by atoms with Crippen LogP contribution >= 0.6 is 15.9 Å². The number of hydrogen-bond donors (Lipinski definition) is 1. The molecule has 0 spiro atoms. The number of halogens is 1. The second-order valence-corrected chi connectivity index (χ2v) is 5.14. The summed E-state index contributed by atoms with van der Waals surface area (Å²) in [6.07, 6.45) is 0. The van der Waals surface area contributed by atoms with Gasteiger partial charge in [0.1, 0.15) is 18.1 Å². The topological polar surface area (TPSA) is 44.5 Å². The molecule has 2 aromatic carbocycles. The van der Waals surface area contributed by atoms with Gasteiger partial charge >= 0.3 is 0 Å². The zero-order chi connectivity index (χ0) is 14.4. The van der Waals surface area contributed by atoms with E-state index in [1.807, 2.05) is 49.4 Å². The predicted molar refractivity (Wildman–Crippen MR) is 84.0 cm³/mol. The highest BCUT2D eigenvalue weighted by Gasteiger charge is 2.05. The highest BCUT2D eigenvalue weighted by Crippen LogP contribution is 2.30. The summed E-state index contributed by atoms with van der Waals surface area (Å²) in [5.41, 5.74) is 7.93. The van der Waals surface area contributed by atoms with E-state index in [9.17, 15) is 0 Å². The molecule has 2 rings (SSSR count). The minimum absolute atomic E-state index is 0.500. The van der Waals surface area contributed by atoms with Crippen molar-refractivity contribution in [3.63, 3.8) is 0 Å².